The maximum atomic E-state index is 3.70. The quantitative estimate of drug-likeness (QED) is 0.697. The Morgan fingerprint density at radius 1 is 1.27 bits per heavy atom. The highest BCUT2D eigenvalue weighted by Crippen LogP contribution is 2.24. The van der Waals surface area contributed by atoms with Gasteiger partial charge in [0.25, 0.3) is 0 Å². The summed E-state index contributed by atoms with van der Waals surface area (Å²) in [6.07, 6.45) is 6.86. The largest absolute Gasteiger partial charge is 0.312 e. The lowest BCUT2D eigenvalue weighted by Gasteiger charge is -2.21. The van der Waals surface area contributed by atoms with Gasteiger partial charge in [-0.2, -0.15) is 0 Å². The molecule has 0 radical (unpaired) electrons. The molecule has 0 amide bonds. The van der Waals surface area contributed by atoms with E-state index in [1.807, 2.05) is 0 Å². The zero-order chi connectivity index (χ0) is 11.1. The standard InChI is InChI=1S/C13H28N2/c1-4-5-10-15(3)11-9-14-13-8-6-7-12(13)2/h12-14H,4-11H2,1-3H3. The van der Waals surface area contributed by atoms with Gasteiger partial charge in [-0.1, -0.05) is 26.7 Å². The van der Waals surface area contributed by atoms with Crippen molar-refractivity contribution in [1.82, 2.24) is 10.2 Å². The van der Waals surface area contributed by atoms with Crippen LogP contribution < -0.4 is 5.32 Å². The van der Waals surface area contributed by atoms with Crippen molar-refractivity contribution < 1.29 is 0 Å². The Morgan fingerprint density at radius 3 is 2.67 bits per heavy atom. The number of hydrogen-bond acceptors (Lipinski definition) is 2. The summed E-state index contributed by atoms with van der Waals surface area (Å²) < 4.78 is 0. The van der Waals surface area contributed by atoms with Gasteiger partial charge in [0.05, 0.1) is 0 Å². The van der Waals surface area contributed by atoms with Crippen LogP contribution in [0, 0.1) is 5.92 Å². The van der Waals surface area contributed by atoms with Crippen LogP contribution in [0.25, 0.3) is 0 Å². The summed E-state index contributed by atoms with van der Waals surface area (Å²) in [6.45, 7) is 8.24. The second-order valence-corrected chi connectivity index (χ2v) is 5.13. The Hall–Kier alpha value is -0.0800. The average Bonchev–Trinajstić information content (AvgIpc) is 2.61. The molecule has 0 aromatic heterocycles. The minimum absolute atomic E-state index is 0.796. The van der Waals surface area contributed by atoms with Crippen molar-refractivity contribution in [2.75, 3.05) is 26.7 Å². The molecule has 0 heterocycles. The first-order chi connectivity index (χ1) is 7.24. The van der Waals surface area contributed by atoms with Crippen LogP contribution in [-0.2, 0) is 0 Å². The molecule has 2 nitrogen and oxygen atoms in total. The number of hydrogen-bond donors (Lipinski definition) is 1. The van der Waals surface area contributed by atoms with E-state index in [2.05, 4.69) is 31.1 Å². The van der Waals surface area contributed by atoms with Crippen molar-refractivity contribution in [2.45, 2.75) is 52.0 Å². The number of nitrogens with one attached hydrogen (secondary N) is 1. The number of nitrogens with zero attached hydrogens (tertiary/aromatic N) is 1. The van der Waals surface area contributed by atoms with Crippen LogP contribution in [0.1, 0.15) is 46.0 Å². The van der Waals surface area contributed by atoms with E-state index in [4.69, 9.17) is 0 Å². The van der Waals surface area contributed by atoms with Crippen molar-refractivity contribution in [3.8, 4) is 0 Å². The van der Waals surface area contributed by atoms with Gasteiger partial charge >= 0.3 is 0 Å². The Labute approximate surface area is 95.4 Å². The van der Waals surface area contributed by atoms with Gasteiger partial charge in [0.1, 0.15) is 0 Å². The zero-order valence-electron chi connectivity index (χ0n) is 10.8. The highest BCUT2D eigenvalue weighted by Gasteiger charge is 2.22. The molecule has 0 aromatic rings. The SMILES string of the molecule is CCCCN(C)CCNC1CCCC1C. The van der Waals surface area contributed by atoms with Crippen LogP contribution in [0.3, 0.4) is 0 Å². The second kappa shape index (κ2) is 7.24. The minimum Gasteiger partial charge on any atom is -0.312 e. The summed E-state index contributed by atoms with van der Waals surface area (Å²) in [7, 11) is 2.23. The fraction of sp³-hybridized carbons (Fsp3) is 1.00. The van der Waals surface area contributed by atoms with E-state index < -0.39 is 0 Å². The molecule has 1 N–H and O–H groups in total. The lowest BCUT2D eigenvalue weighted by Crippen LogP contribution is -2.37. The first-order valence-electron chi connectivity index (χ1n) is 6.66. The molecule has 1 aliphatic carbocycles. The van der Waals surface area contributed by atoms with E-state index in [9.17, 15) is 0 Å². The molecular formula is C13H28N2. The van der Waals surface area contributed by atoms with Crippen molar-refractivity contribution in [1.29, 1.82) is 0 Å². The first kappa shape index (κ1) is 13.0. The van der Waals surface area contributed by atoms with E-state index >= 15 is 0 Å². The fourth-order valence-electron chi connectivity index (χ4n) is 2.43. The maximum absolute atomic E-state index is 3.70. The predicted molar refractivity (Wildman–Crippen MR) is 67.2 cm³/mol. The van der Waals surface area contributed by atoms with E-state index in [-0.39, 0.29) is 0 Å². The Kier molecular flexibility index (Phi) is 6.26. The van der Waals surface area contributed by atoms with Gasteiger partial charge < -0.3 is 10.2 Å². The second-order valence-electron chi connectivity index (χ2n) is 5.13. The molecule has 1 aliphatic rings. The molecule has 2 atom stereocenters. The van der Waals surface area contributed by atoms with Gasteiger partial charge in [-0.25, -0.2) is 0 Å². The molecular weight excluding hydrogens is 184 g/mol. The minimum atomic E-state index is 0.796. The van der Waals surface area contributed by atoms with E-state index in [0.29, 0.717) is 0 Å². The molecule has 1 fully saturated rings. The van der Waals surface area contributed by atoms with Gasteiger partial charge in [-0.3, -0.25) is 0 Å². The summed E-state index contributed by atoms with van der Waals surface area (Å²) in [5.41, 5.74) is 0. The molecule has 0 aromatic carbocycles. The third kappa shape index (κ3) is 4.98. The Bertz CT molecular complexity index is 159. The molecule has 1 rings (SSSR count). The van der Waals surface area contributed by atoms with Crippen molar-refractivity contribution in [3.05, 3.63) is 0 Å². The van der Waals surface area contributed by atoms with Crippen LogP contribution in [0.5, 0.6) is 0 Å². The van der Waals surface area contributed by atoms with Gasteiger partial charge in [-0.15, -0.1) is 0 Å². The highest BCUT2D eigenvalue weighted by atomic mass is 15.1. The molecule has 2 unspecified atom stereocenters. The molecule has 0 bridgehead atoms. The molecule has 15 heavy (non-hydrogen) atoms. The zero-order valence-corrected chi connectivity index (χ0v) is 10.8. The van der Waals surface area contributed by atoms with Crippen molar-refractivity contribution in [2.24, 2.45) is 5.92 Å². The van der Waals surface area contributed by atoms with Crippen LogP contribution in [0.2, 0.25) is 0 Å². The maximum Gasteiger partial charge on any atom is 0.0104 e. The van der Waals surface area contributed by atoms with Gasteiger partial charge in [0.2, 0.25) is 0 Å². The molecule has 0 saturated heterocycles. The molecule has 90 valence electrons. The molecule has 1 saturated carbocycles. The smallest absolute Gasteiger partial charge is 0.0104 e. The van der Waals surface area contributed by atoms with E-state index in [0.717, 1.165) is 18.5 Å². The summed E-state index contributed by atoms with van der Waals surface area (Å²) >= 11 is 0. The monoisotopic (exact) mass is 212 g/mol. The predicted octanol–water partition coefficient (Wildman–Crippen LogP) is 2.50. The van der Waals surface area contributed by atoms with Crippen molar-refractivity contribution >= 4 is 0 Å². The van der Waals surface area contributed by atoms with E-state index in [1.165, 1.54) is 45.2 Å². The number of unbranched alkanes of at least 4 members (excludes halogenated alkanes) is 1. The Balaban J connectivity index is 2.00. The lowest BCUT2D eigenvalue weighted by atomic mass is 10.1. The topological polar surface area (TPSA) is 15.3 Å². The van der Waals surface area contributed by atoms with Crippen LogP contribution in [0.15, 0.2) is 0 Å². The summed E-state index contributed by atoms with van der Waals surface area (Å²) in [5, 5.41) is 3.70. The molecule has 0 aliphatic heterocycles. The summed E-state index contributed by atoms with van der Waals surface area (Å²) in [5.74, 6) is 0.894. The van der Waals surface area contributed by atoms with Gasteiger partial charge in [-0.05, 0) is 38.8 Å². The third-order valence-corrected chi connectivity index (χ3v) is 3.65. The normalized spacial score (nSPS) is 26.4. The molecule has 0 spiro atoms. The van der Waals surface area contributed by atoms with Crippen LogP contribution in [0.4, 0.5) is 0 Å². The fourth-order valence-corrected chi connectivity index (χ4v) is 2.43. The van der Waals surface area contributed by atoms with Crippen LogP contribution >= 0.6 is 0 Å². The van der Waals surface area contributed by atoms with Gasteiger partial charge in [0.15, 0.2) is 0 Å². The summed E-state index contributed by atoms with van der Waals surface area (Å²) in [6, 6.07) is 0.796. The van der Waals surface area contributed by atoms with Gasteiger partial charge in [0, 0.05) is 19.1 Å². The first-order valence-corrected chi connectivity index (χ1v) is 6.66. The Morgan fingerprint density at radius 2 is 2.07 bits per heavy atom. The molecule has 2 heteroatoms. The average molecular weight is 212 g/mol. The summed E-state index contributed by atoms with van der Waals surface area (Å²) in [4.78, 5) is 2.44. The number of likely N-dealkylation sites (N-methyl/N-ethyl adjacent to an activating group) is 1. The third-order valence-electron chi connectivity index (χ3n) is 3.65. The number of rotatable bonds is 7. The van der Waals surface area contributed by atoms with Crippen molar-refractivity contribution in [3.63, 3.8) is 0 Å². The van der Waals surface area contributed by atoms with E-state index in [1.54, 1.807) is 0 Å². The highest BCUT2D eigenvalue weighted by molar-refractivity contribution is 4.80. The van der Waals surface area contributed by atoms with Crippen LogP contribution in [-0.4, -0.2) is 37.6 Å². The lowest BCUT2D eigenvalue weighted by molar-refractivity contribution is 0.310.